The molecule has 3 aromatic rings. The minimum atomic E-state index is -3.60. The first-order valence-electron chi connectivity index (χ1n) is 9.14. The number of thioether (sulfide) groups is 1. The fraction of sp³-hybridized carbons (Fsp3) is 0.250. The third kappa shape index (κ3) is 4.89. The first kappa shape index (κ1) is 22.0. The van der Waals surface area contributed by atoms with Crippen LogP contribution in [0.4, 0.5) is 5.69 Å². The Morgan fingerprint density at radius 1 is 1.13 bits per heavy atom. The van der Waals surface area contributed by atoms with Crippen LogP contribution in [0.5, 0.6) is 0 Å². The van der Waals surface area contributed by atoms with E-state index in [0.29, 0.717) is 16.4 Å². The number of nitrogens with zero attached hydrogens (tertiary/aromatic N) is 3. The second kappa shape index (κ2) is 8.99. The molecule has 10 heteroatoms. The Balaban J connectivity index is 1.68. The van der Waals surface area contributed by atoms with Gasteiger partial charge in [-0.25, -0.2) is 13.1 Å². The highest BCUT2D eigenvalue weighted by atomic mass is 32.2. The average Bonchev–Trinajstić information content (AvgIpc) is 3.08. The van der Waals surface area contributed by atoms with E-state index in [-0.39, 0.29) is 16.6 Å². The summed E-state index contributed by atoms with van der Waals surface area (Å²) in [4.78, 5) is 12.5. The van der Waals surface area contributed by atoms with Gasteiger partial charge in [0.05, 0.1) is 10.6 Å². The number of carbonyl (C=O) groups is 1. The van der Waals surface area contributed by atoms with Gasteiger partial charge in [-0.3, -0.25) is 4.79 Å². The molecule has 0 saturated heterocycles. The maximum absolute atomic E-state index is 12.4. The summed E-state index contributed by atoms with van der Waals surface area (Å²) in [5.41, 5.74) is 3.10. The lowest BCUT2D eigenvalue weighted by atomic mass is 10.1. The lowest BCUT2D eigenvalue weighted by molar-refractivity contribution is -0.113. The Labute approximate surface area is 180 Å². The zero-order valence-corrected chi connectivity index (χ0v) is 18.8. The van der Waals surface area contributed by atoms with Gasteiger partial charge in [0.2, 0.25) is 15.9 Å². The first-order valence-corrected chi connectivity index (χ1v) is 11.6. The van der Waals surface area contributed by atoms with Gasteiger partial charge in [-0.05, 0) is 44.7 Å². The monoisotopic (exact) mass is 445 g/mol. The molecule has 8 nitrogen and oxygen atoms in total. The minimum absolute atomic E-state index is 0.113. The number of aryl methyl sites for hydroxylation is 2. The lowest BCUT2D eigenvalue weighted by Crippen LogP contribution is -2.20. The largest absolute Gasteiger partial charge is 0.325 e. The molecule has 2 aromatic carbocycles. The normalized spacial score (nSPS) is 11.5. The summed E-state index contributed by atoms with van der Waals surface area (Å²) in [7, 11) is -0.399. The van der Waals surface area contributed by atoms with Crippen molar-refractivity contribution in [2.45, 2.75) is 23.9 Å². The predicted molar refractivity (Wildman–Crippen MR) is 118 cm³/mol. The molecule has 3 rings (SSSR count). The number of hydrogen-bond acceptors (Lipinski definition) is 6. The average molecular weight is 446 g/mol. The molecule has 0 spiro atoms. The van der Waals surface area contributed by atoms with Crippen molar-refractivity contribution >= 4 is 33.4 Å². The third-order valence-corrected chi connectivity index (χ3v) is 7.05. The van der Waals surface area contributed by atoms with E-state index in [1.807, 2.05) is 42.8 Å². The van der Waals surface area contributed by atoms with E-state index < -0.39 is 10.0 Å². The van der Waals surface area contributed by atoms with Crippen molar-refractivity contribution in [2.24, 2.45) is 7.05 Å². The Morgan fingerprint density at radius 3 is 2.60 bits per heavy atom. The molecule has 0 bridgehead atoms. The topological polar surface area (TPSA) is 106 Å². The smallest absolute Gasteiger partial charge is 0.240 e. The quantitative estimate of drug-likeness (QED) is 0.542. The number of benzene rings is 2. The maximum atomic E-state index is 12.4. The molecule has 1 heterocycles. The number of anilines is 1. The summed E-state index contributed by atoms with van der Waals surface area (Å²) >= 11 is 1.26. The van der Waals surface area contributed by atoms with Crippen LogP contribution in [0.25, 0.3) is 11.4 Å². The molecule has 0 aliphatic rings. The van der Waals surface area contributed by atoms with Crippen LogP contribution < -0.4 is 10.0 Å². The van der Waals surface area contributed by atoms with Gasteiger partial charge in [0, 0.05) is 18.3 Å². The van der Waals surface area contributed by atoms with Crippen LogP contribution in [0.15, 0.2) is 52.5 Å². The number of carbonyl (C=O) groups excluding carboxylic acids is 1. The van der Waals surface area contributed by atoms with Crippen LogP contribution in [0.1, 0.15) is 11.1 Å². The molecule has 0 fully saturated rings. The zero-order chi connectivity index (χ0) is 21.9. The van der Waals surface area contributed by atoms with Crippen molar-refractivity contribution in [3.8, 4) is 11.4 Å². The SMILES string of the molecule is CNS(=O)(=O)c1cc(NC(=O)CSc2nnc(-c3cccc(C)c3)n2C)ccc1C. The highest BCUT2D eigenvalue weighted by molar-refractivity contribution is 7.99. The molecule has 158 valence electrons. The molecule has 1 aromatic heterocycles. The number of sulfonamides is 1. The van der Waals surface area contributed by atoms with Crippen LogP contribution in [0.3, 0.4) is 0 Å². The fourth-order valence-corrected chi connectivity index (χ4v) is 4.59. The molecular weight excluding hydrogens is 422 g/mol. The summed E-state index contributed by atoms with van der Waals surface area (Å²) in [6.45, 7) is 3.71. The molecule has 0 unspecified atom stereocenters. The Bertz CT molecular complexity index is 1190. The second-order valence-corrected chi connectivity index (χ2v) is 9.56. The zero-order valence-electron chi connectivity index (χ0n) is 17.1. The van der Waals surface area contributed by atoms with Gasteiger partial charge in [0.25, 0.3) is 0 Å². The van der Waals surface area contributed by atoms with E-state index in [4.69, 9.17) is 0 Å². The first-order chi connectivity index (χ1) is 14.2. The van der Waals surface area contributed by atoms with Crippen LogP contribution in [-0.2, 0) is 21.9 Å². The van der Waals surface area contributed by atoms with Gasteiger partial charge < -0.3 is 9.88 Å². The van der Waals surface area contributed by atoms with Crippen molar-refractivity contribution in [1.82, 2.24) is 19.5 Å². The number of rotatable bonds is 7. The van der Waals surface area contributed by atoms with Gasteiger partial charge in [-0.1, -0.05) is 41.6 Å². The molecule has 0 aliphatic carbocycles. The summed E-state index contributed by atoms with van der Waals surface area (Å²) in [5, 5.41) is 11.8. The van der Waals surface area contributed by atoms with Gasteiger partial charge >= 0.3 is 0 Å². The van der Waals surface area contributed by atoms with Crippen molar-refractivity contribution in [2.75, 3.05) is 18.1 Å². The van der Waals surface area contributed by atoms with Crippen molar-refractivity contribution in [3.63, 3.8) is 0 Å². The maximum Gasteiger partial charge on any atom is 0.240 e. The third-order valence-electron chi connectivity index (χ3n) is 4.47. The Kier molecular flexibility index (Phi) is 6.59. The van der Waals surface area contributed by atoms with Crippen LogP contribution in [0, 0.1) is 13.8 Å². The van der Waals surface area contributed by atoms with E-state index in [9.17, 15) is 13.2 Å². The standard InChI is InChI=1S/C20H23N5O3S2/c1-13-6-5-7-15(10-13)19-23-24-20(25(19)4)29-12-18(26)22-16-9-8-14(2)17(11-16)30(27,28)21-3/h5-11,21H,12H2,1-4H3,(H,22,26). The highest BCUT2D eigenvalue weighted by Gasteiger charge is 2.17. The minimum Gasteiger partial charge on any atom is -0.325 e. The van der Waals surface area contributed by atoms with Gasteiger partial charge in [-0.2, -0.15) is 0 Å². The number of hydrogen-bond donors (Lipinski definition) is 2. The molecule has 0 saturated carbocycles. The van der Waals surface area contributed by atoms with Crippen LogP contribution in [0.2, 0.25) is 0 Å². The van der Waals surface area contributed by atoms with Crippen molar-refractivity contribution < 1.29 is 13.2 Å². The molecule has 0 atom stereocenters. The fourth-order valence-electron chi connectivity index (χ4n) is 2.88. The number of amides is 1. The van der Waals surface area contributed by atoms with E-state index in [0.717, 1.165) is 17.0 Å². The molecule has 2 N–H and O–H groups in total. The Morgan fingerprint density at radius 2 is 1.90 bits per heavy atom. The van der Waals surface area contributed by atoms with Crippen molar-refractivity contribution in [3.05, 3.63) is 53.6 Å². The van der Waals surface area contributed by atoms with Gasteiger partial charge in [0.15, 0.2) is 11.0 Å². The summed E-state index contributed by atoms with van der Waals surface area (Å²) in [5.74, 6) is 0.570. The molecule has 30 heavy (non-hydrogen) atoms. The van der Waals surface area contributed by atoms with Gasteiger partial charge in [0.1, 0.15) is 0 Å². The molecule has 0 radical (unpaired) electrons. The summed E-state index contributed by atoms with van der Waals surface area (Å²) in [6, 6.07) is 12.7. The van der Waals surface area contributed by atoms with E-state index in [2.05, 4.69) is 20.2 Å². The summed E-state index contributed by atoms with van der Waals surface area (Å²) in [6.07, 6.45) is 0. The van der Waals surface area contributed by atoms with E-state index in [1.165, 1.54) is 24.9 Å². The molecule has 1 amide bonds. The van der Waals surface area contributed by atoms with Crippen LogP contribution >= 0.6 is 11.8 Å². The van der Waals surface area contributed by atoms with E-state index in [1.54, 1.807) is 19.1 Å². The highest BCUT2D eigenvalue weighted by Crippen LogP contribution is 2.24. The molecule has 0 aliphatic heterocycles. The molecular formula is C20H23N5O3S2. The second-order valence-electron chi connectivity index (χ2n) is 6.76. The number of nitrogens with one attached hydrogen (secondary N) is 2. The Hall–Kier alpha value is -2.69. The number of aromatic nitrogens is 3. The van der Waals surface area contributed by atoms with Crippen LogP contribution in [-0.4, -0.2) is 41.9 Å². The predicted octanol–water partition coefficient (Wildman–Crippen LogP) is 2.74. The van der Waals surface area contributed by atoms with Gasteiger partial charge in [-0.15, -0.1) is 10.2 Å². The summed E-state index contributed by atoms with van der Waals surface area (Å²) < 4.78 is 28.3. The van der Waals surface area contributed by atoms with Crippen molar-refractivity contribution in [1.29, 1.82) is 0 Å². The lowest BCUT2D eigenvalue weighted by Gasteiger charge is -2.10. The van der Waals surface area contributed by atoms with E-state index >= 15 is 0 Å².